The van der Waals surface area contributed by atoms with Gasteiger partial charge in [0.25, 0.3) is 0 Å². The van der Waals surface area contributed by atoms with Crippen LogP contribution in [0.2, 0.25) is 0 Å². The molecule has 0 aliphatic carbocycles. The highest BCUT2D eigenvalue weighted by molar-refractivity contribution is 7.89. The van der Waals surface area contributed by atoms with Crippen LogP contribution in [-0.4, -0.2) is 85.8 Å². The monoisotopic (exact) mass is 556 g/mol. The highest BCUT2D eigenvalue weighted by Crippen LogP contribution is 2.33. The van der Waals surface area contributed by atoms with Crippen molar-refractivity contribution in [3.05, 3.63) is 65.7 Å². The van der Waals surface area contributed by atoms with Crippen molar-refractivity contribution in [2.24, 2.45) is 5.92 Å². The van der Waals surface area contributed by atoms with Gasteiger partial charge in [-0.25, -0.2) is 8.42 Å². The molecule has 9 heteroatoms. The molecule has 0 bridgehead atoms. The molecule has 3 heterocycles. The molecule has 39 heavy (non-hydrogen) atoms. The fraction of sp³-hybridized carbons (Fsp3) is 0.567. The summed E-state index contributed by atoms with van der Waals surface area (Å²) in [5.74, 6) is 0.690. The topological polar surface area (TPSA) is 96.4 Å². The van der Waals surface area contributed by atoms with Crippen LogP contribution < -0.4 is 0 Å². The molecular weight excluding hydrogens is 516 g/mol. The maximum absolute atomic E-state index is 13.7. The quantitative estimate of drug-likeness (QED) is 0.587. The van der Waals surface area contributed by atoms with E-state index in [2.05, 4.69) is 24.3 Å². The van der Waals surface area contributed by atoms with E-state index in [1.807, 2.05) is 17.0 Å². The number of β-amino-alcohol motifs (C(OH)–C–C–N with tert-alkyl or cyclic N) is 1. The third kappa shape index (κ3) is 6.72. The summed E-state index contributed by atoms with van der Waals surface area (Å²) < 4.78 is 40.9. The summed E-state index contributed by atoms with van der Waals surface area (Å²) >= 11 is 0. The number of likely N-dealkylation sites (tertiary alicyclic amines) is 1. The van der Waals surface area contributed by atoms with E-state index in [0.29, 0.717) is 30.7 Å². The zero-order valence-electron chi connectivity index (χ0n) is 22.7. The molecule has 3 saturated heterocycles. The number of sulfonamides is 1. The number of amides is 1. The summed E-state index contributed by atoms with van der Waals surface area (Å²) in [6.45, 7) is 3.46. The normalized spacial score (nSPS) is 27.4. The van der Waals surface area contributed by atoms with E-state index in [-0.39, 0.29) is 36.7 Å². The molecule has 1 amide bonds. The van der Waals surface area contributed by atoms with Crippen molar-refractivity contribution in [3.8, 4) is 0 Å². The number of fused-ring (bicyclic) bond motifs is 1. The minimum Gasteiger partial charge on any atom is -0.389 e. The van der Waals surface area contributed by atoms with Gasteiger partial charge in [-0.3, -0.25) is 4.79 Å². The predicted molar refractivity (Wildman–Crippen MR) is 148 cm³/mol. The van der Waals surface area contributed by atoms with Gasteiger partial charge in [0.2, 0.25) is 15.9 Å². The van der Waals surface area contributed by atoms with E-state index in [1.165, 1.54) is 9.87 Å². The molecule has 4 atom stereocenters. The number of carbonyl (C=O) groups is 1. The third-order valence-corrected chi connectivity index (χ3v) is 10.4. The van der Waals surface area contributed by atoms with Gasteiger partial charge in [0.15, 0.2) is 0 Å². The Labute approximate surface area is 232 Å². The number of aryl methyl sites for hydroxylation is 1. The zero-order valence-corrected chi connectivity index (χ0v) is 23.5. The molecule has 0 radical (unpaired) electrons. The van der Waals surface area contributed by atoms with Crippen molar-refractivity contribution >= 4 is 15.9 Å². The highest BCUT2D eigenvalue weighted by atomic mass is 32.2. The van der Waals surface area contributed by atoms with Crippen LogP contribution in [0, 0.1) is 12.8 Å². The molecule has 1 N–H and O–H groups in total. The van der Waals surface area contributed by atoms with Gasteiger partial charge in [0, 0.05) is 19.6 Å². The minimum atomic E-state index is -3.86. The first-order chi connectivity index (χ1) is 18.8. The maximum Gasteiger partial charge on any atom is 0.243 e. The smallest absolute Gasteiger partial charge is 0.243 e. The molecule has 2 aromatic rings. The summed E-state index contributed by atoms with van der Waals surface area (Å²) in [6, 6.07) is 16.9. The number of rotatable bonds is 6. The maximum atomic E-state index is 13.7. The van der Waals surface area contributed by atoms with Crippen molar-refractivity contribution in [2.45, 2.75) is 74.7 Å². The van der Waals surface area contributed by atoms with Gasteiger partial charge >= 0.3 is 0 Å². The van der Waals surface area contributed by atoms with Gasteiger partial charge in [-0.2, -0.15) is 4.31 Å². The molecule has 212 valence electrons. The lowest BCUT2D eigenvalue weighted by atomic mass is 9.90. The Bertz CT molecular complexity index is 1210. The van der Waals surface area contributed by atoms with Crippen LogP contribution >= 0.6 is 0 Å². The third-order valence-electron chi connectivity index (χ3n) is 8.35. The summed E-state index contributed by atoms with van der Waals surface area (Å²) in [7, 11) is -3.86. The van der Waals surface area contributed by atoms with Gasteiger partial charge in [0.1, 0.15) is 0 Å². The van der Waals surface area contributed by atoms with Crippen LogP contribution in [0.5, 0.6) is 0 Å². The number of aliphatic hydroxyl groups is 1. The molecule has 3 aliphatic rings. The standard InChI is InChI=1S/C30H40N2O6S/c1-22-7-5-6-10-29(22)39(35,36)32-19-25(33)20-37-21-28-27(32)12-11-26(38-28)18-30(34)31-15-13-24(14-16-31)17-23-8-3-2-4-9-23/h2-10,24-28,33H,11-21H2,1H3/t25-,26-,27+,28-/m0/s1. The lowest BCUT2D eigenvalue weighted by Gasteiger charge is -2.44. The number of carbonyl (C=O) groups excluding carboxylic acids is 1. The lowest BCUT2D eigenvalue weighted by Crippen LogP contribution is -2.57. The second-order valence-electron chi connectivity index (χ2n) is 11.2. The Balaban J connectivity index is 1.20. The van der Waals surface area contributed by atoms with E-state index in [1.54, 1.807) is 25.1 Å². The average molecular weight is 557 g/mol. The van der Waals surface area contributed by atoms with Gasteiger partial charge < -0.3 is 19.5 Å². The second-order valence-corrected chi connectivity index (χ2v) is 13.0. The number of hydrogen-bond acceptors (Lipinski definition) is 6. The summed E-state index contributed by atoms with van der Waals surface area (Å²) in [6.07, 6.45) is 2.76. The molecule has 0 spiro atoms. The molecule has 0 saturated carbocycles. The molecule has 3 fully saturated rings. The summed E-state index contributed by atoms with van der Waals surface area (Å²) in [5, 5.41) is 10.4. The largest absolute Gasteiger partial charge is 0.389 e. The van der Waals surface area contributed by atoms with Crippen LogP contribution in [0.3, 0.4) is 0 Å². The first-order valence-corrected chi connectivity index (χ1v) is 15.6. The minimum absolute atomic E-state index is 0.0356. The van der Waals surface area contributed by atoms with Crippen LogP contribution in [0.1, 0.15) is 43.2 Å². The number of aliphatic hydroxyl groups excluding tert-OH is 1. The number of ether oxygens (including phenoxy) is 2. The molecule has 5 rings (SSSR count). The predicted octanol–water partition coefficient (Wildman–Crippen LogP) is 3.16. The van der Waals surface area contributed by atoms with E-state index >= 15 is 0 Å². The average Bonchev–Trinajstić information content (AvgIpc) is 2.92. The van der Waals surface area contributed by atoms with Crippen LogP contribution in [-0.2, 0) is 30.7 Å². The second kappa shape index (κ2) is 12.5. The van der Waals surface area contributed by atoms with Crippen LogP contribution in [0.4, 0.5) is 0 Å². The fourth-order valence-corrected chi connectivity index (χ4v) is 8.14. The van der Waals surface area contributed by atoms with E-state index in [4.69, 9.17) is 9.47 Å². The molecule has 0 unspecified atom stereocenters. The Morgan fingerprint density at radius 3 is 2.44 bits per heavy atom. The molecule has 2 aromatic carbocycles. The Morgan fingerprint density at radius 2 is 1.69 bits per heavy atom. The molecule has 0 aromatic heterocycles. The van der Waals surface area contributed by atoms with Gasteiger partial charge in [-0.05, 0) is 62.1 Å². The lowest BCUT2D eigenvalue weighted by molar-refractivity contribution is -0.152. The van der Waals surface area contributed by atoms with Crippen molar-refractivity contribution in [1.82, 2.24) is 9.21 Å². The SMILES string of the molecule is Cc1ccccc1S(=O)(=O)N1C[C@H](O)COC[C@@H]2O[C@H](CC(=O)N3CCC(Cc4ccccc4)CC3)CC[C@H]21. The number of piperidine rings is 1. The first kappa shape index (κ1) is 28.2. The van der Waals surface area contributed by atoms with Gasteiger partial charge in [-0.15, -0.1) is 0 Å². The first-order valence-electron chi connectivity index (χ1n) is 14.1. The van der Waals surface area contributed by atoms with Crippen molar-refractivity contribution in [2.75, 3.05) is 32.8 Å². The Kier molecular flexibility index (Phi) is 9.03. The summed E-state index contributed by atoms with van der Waals surface area (Å²) in [4.78, 5) is 15.4. The zero-order chi connectivity index (χ0) is 27.4. The fourth-order valence-electron chi connectivity index (χ4n) is 6.20. The van der Waals surface area contributed by atoms with Crippen molar-refractivity contribution in [1.29, 1.82) is 0 Å². The Morgan fingerprint density at radius 1 is 0.974 bits per heavy atom. The van der Waals surface area contributed by atoms with Gasteiger partial charge in [-0.1, -0.05) is 48.5 Å². The van der Waals surface area contributed by atoms with E-state index in [9.17, 15) is 18.3 Å². The number of benzene rings is 2. The molecule has 8 nitrogen and oxygen atoms in total. The number of hydrogen-bond donors (Lipinski definition) is 1. The highest BCUT2D eigenvalue weighted by Gasteiger charge is 2.43. The Hall–Kier alpha value is -2.30. The molecule has 3 aliphatic heterocycles. The van der Waals surface area contributed by atoms with Crippen LogP contribution in [0.15, 0.2) is 59.5 Å². The van der Waals surface area contributed by atoms with E-state index in [0.717, 1.165) is 32.4 Å². The van der Waals surface area contributed by atoms with Gasteiger partial charge in [0.05, 0.1) is 48.9 Å². The number of nitrogens with zero attached hydrogens (tertiary/aromatic N) is 2. The summed E-state index contributed by atoms with van der Waals surface area (Å²) in [5.41, 5.74) is 2.01. The van der Waals surface area contributed by atoms with Crippen molar-refractivity contribution < 1.29 is 27.8 Å². The molecular formula is C30H40N2O6S. The van der Waals surface area contributed by atoms with Crippen molar-refractivity contribution in [3.63, 3.8) is 0 Å². The van der Waals surface area contributed by atoms with E-state index < -0.39 is 28.3 Å². The van der Waals surface area contributed by atoms with Crippen LogP contribution in [0.25, 0.3) is 0 Å².